The molecular formula is C17H19NO2. The Bertz CT molecular complexity index is 566. The van der Waals surface area contributed by atoms with E-state index in [1.807, 2.05) is 68.4 Å². The van der Waals surface area contributed by atoms with Crippen LogP contribution in [0.4, 0.5) is 0 Å². The Morgan fingerprint density at radius 1 is 1.15 bits per heavy atom. The van der Waals surface area contributed by atoms with E-state index in [0.717, 1.165) is 11.1 Å². The van der Waals surface area contributed by atoms with E-state index in [0.29, 0.717) is 5.75 Å². The van der Waals surface area contributed by atoms with Gasteiger partial charge in [0.2, 0.25) is 0 Å². The van der Waals surface area contributed by atoms with Crippen LogP contribution in [0, 0.1) is 6.92 Å². The van der Waals surface area contributed by atoms with E-state index in [9.17, 15) is 4.79 Å². The molecule has 3 nitrogen and oxygen atoms in total. The lowest BCUT2D eigenvalue weighted by Gasteiger charge is -2.14. The van der Waals surface area contributed by atoms with Gasteiger partial charge in [-0.15, -0.1) is 0 Å². The smallest absolute Gasteiger partial charge is 0.258 e. The zero-order valence-electron chi connectivity index (χ0n) is 11.8. The van der Waals surface area contributed by atoms with Crippen molar-refractivity contribution in [2.24, 2.45) is 0 Å². The number of nitrogens with one attached hydrogen (secondary N) is 1. The summed E-state index contributed by atoms with van der Waals surface area (Å²) in [6.07, 6.45) is 0. The van der Waals surface area contributed by atoms with Gasteiger partial charge in [0.05, 0.1) is 6.04 Å². The zero-order chi connectivity index (χ0) is 14.4. The molecule has 1 atom stereocenters. The molecule has 0 spiro atoms. The van der Waals surface area contributed by atoms with E-state index < -0.39 is 0 Å². The van der Waals surface area contributed by atoms with Crippen LogP contribution in [-0.2, 0) is 4.79 Å². The van der Waals surface area contributed by atoms with Gasteiger partial charge in [0.1, 0.15) is 5.75 Å². The maximum atomic E-state index is 11.8. The normalized spacial score (nSPS) is 11.7. The molecule has 1 amide bonds. The molecule has 2 aromatic rings. The Labute approximate surface area is 119 Å². The molecule has 2 aromatic carbocycles. The van der Waals surface area contributed by atoms with Gasteiger partial charge in [0.25, 0.3) is 5.91 Å². The van der Waals surface area contributed by atoms with E-state index in [2.05, 4.69) is 5.32 Å². The molecule has 0 aromatic heterocycles. The number of carbonyl (C=O) groups excluding carboxylic acids is 1. The first kappa shape index (κ1) is 14.1. The summed E-state index contributed by atoms with van der Waals surface area (Å²) in [5.74, 6) is 0.593. The van der Waals surface area contributed by atoms with Crippen molar-refractivity contribution in [3.63, 3.8) is 0 Å². The largest absolute Gasteiger partial charge is 0.484 e. The average molecular weight is 269 g/mol. The molecule has 0 aliphatic heterocycles. The number of aryl methyl sites for hydroxylation is 1. The van der Waals surface area contributed by atoms with E-state index in [1.165, 1.54) is 0 Å². The molecule has 0 aliphatic carbocycles. The van der Waals surface area contributed by atoms with Gasteiger partial charge < -0.3 is 10.1 Å². The van der Waals surface area contributed by atoms with Gasteiger partial charge in [-0.05, 0) is 37.1 Å². The maximum Gasteiger partial charge on any atom is 0.258 e. The fourth-order valence-electron chi connectivity index (χ4n) is 1.96. The van der Waals surface area contributed by atoms with Crippen molar-refractivity contribution in [2.75, 3.05) is 6.61 Å². The van der Waals surface area contributed by atoms with Gasteiger partial charge in [-0.25, -0.2) is 0 Å². The van der Waals surface area contributed by atoms with Crippen molar-refractivity contribution >= 4 is 5.91 Å². The molecule has 0 bridgehead atoms. The Morgan fingerprint density at radius 3 is 2.60 bits per heavy atom. The summed E-state index contributed by atoms with van der Waals surface area (Å²) in [6, 6.07) is 17.5. The monoisotopic (exact) mass is 269 g/mol. The van der Waals surface area contributed by atoms with Gasteiger partial charge in [-0.3, -0.25) is 4.79 Å². The third kappa shape index (κ3) is 4.12. The van der Waals surface area contributed by atoms with Crippen LogP contribution in [0.5, 0.6) is 5.75 Å². The molecule has 0 heterocycles. The lowest BCUT2D eigenvalue weighted by molar-refractivity contribution is -0.123. The molecule has 1 N–H and O–H groups in total. The molecule has 104 valence electrons. The third-order valence-electron chi connectivity index (χ3n) is 3.04. The van der Waals surface area contributed by atoms with Crippen LogP contribution in [0.3, 0.4) is 0 Å². The topological polar surface area (TPSA) is 38.3 Å². The number of rotatable bonds is 5. The number of benzene rings is 2. The van der Waals surface area contributed by atoms with Crippen LogP contribution in [-0.4, -0.2) is 12.5 Å². The lowest BCUT2D eigenvalue weighted by atomic mass is 10.1. The molecule has 0 fully saturated rings. The minimum absolute atomic E-state index is 0.0233. The molecule has 0 aliphatic rings. The van der Waals surface area contributed by atoms with Gasteiger partial charge in [-0.2, -0.15) is 0 Å². The summed E-state index contributed by atoms with van der Waals surface area (Å²) in [7, 11) is 0. The van der Waals surface area contributed by atoms with Crippen molar-refractivity contribution in [1.82, 2.24) is 5.32 Å². The predicted octanol–water partition coefficient (Wildman–Crippen LogP) is 3.25. The van der Waals surface area contributed by atoms with Crippen molar-refractivity contribution in [1.29, 1.82) is 0 Å². The van der Waals surface area contributed by atoms with Gasteiger partial charge >= 0.3 is 0 Å². The maximum absolute atomic E-state index is 11.8. The number of hydrogen-bond acceptors (Lipinski definition) is 2. The summed E-state index contributed by atoms with van der Waals surface area (Å²) >= 11 is 0. The van der Waals surface area contributed by atoms with Gasteiger partial charge in [-0.1, -0.05) is 42.5 Å². The summed E-state index contributed by atoms with van der Waals surface area (Å²) in [5.41, 5.74) is 2.19. The second-order valence-electron chi connectivity index (χ2n) is 4.81. The molecule has 0 radical (unpaired) electrons. The third-order valence-corrected chi connectivity index (χ3v) is 3.04. The Kier molecular flexibility index (Phi) is 4.77. The summed E-state index contributed by atoms with van der Waals surface area (Å²) < 4.78 is 5.47. The van der Waals surface area contributed by atoms with E-state index >= 15 is 0 Å². The minimum Gasteiger partial charge on any atom is -0.484 e. The van der Waals surface area contributed by atoms with Crippen LogP contribution in [0.1, 0.15) is 24.1 Å². The van der Waals surface area contributed by atoms with Crippen LogP contribution in [0.15, 0.2) is 54.6 Å². The standard InChI is InChI=1S/C17H19NO2/c1-13-7-6-10-16(11-13)20-12-17(19)18-14(2)15-8-4-3-5-9-15/h3-11,14H,12H2,1-2H3,(H,18,19)/t14-/m0/s1. The highest BCUT2D eigenvalue weighted by molar-refractivity contribution is 5.78. The molecule has 0 unspecified atom stereocenters. The Hall–Kier alpha value is -2.29. The second-order valence-corrected chi connectivity index (χ2v) is 4.81. The molecular weight excluding hydrogens is 250 g/mol. The fourth-order valence-corrected chi connectivity index (χ4v) is 1.96. The predicted molar refractivity (Wildman–Crippen MR) is 79.7 cm³/mol. The highest BCUT2D eigenvalue weighted by atomic mass is 16.5. The molecule has 0 saturated carbocycles. The fraction of sp³-hybridized carbons (Fsp3) is 0.235. The quantitative estimate of drug-likeness (QED) is 0.904. The van der Waals surface area contributed by atoms with Crippen LogP contribution in [0.25, 0.3) is 0 Å². The molecule has 0 saturated heterocycles. The van der Waals surface area contributed by atoms with Crippen molar-refractivity contribution in [3.8, 4) is 5.75 Å². The average Bonchev–Trinajstić information content (AvgIpc) is 2.46. The molecule has 20 heavy (non-hydrogen) atoms. The first-order valence-electron chi connectivity index (χ1n) is 6.69. The van der Waals surface area contributed by atoms with Crippen molar-refractivity contribution in [3.05, 3.63) is 65.7 Å². The van der Waals surface area contributed by atoms with E-state index in [4.69, 9.17) is 4.74 Å². The first-order valence-corrected chi connectivity index (χ1v) is 6.69. The van der Waals surface area contributed by atoms with Crippen LogP contribution >= 0.6 is 0 Å². The van der Waals surface area contributed by atoms with Crippen LogP contribution in [0.2, 0.25) is 0 Å². The van der Waals surface area contributed by atoms with E-state index in [-0.39, 0.29) is 18.6 Å². The number of amides is 1. The van der Waals surface area contributed by atoms with Crippen molar-refractivity contribution < 1.29 is 9.53 Å². The van der Waals surface area contributed by atoms with Crippen LogP contribution < -0.4 is 10.1 Å². The number of carbonyl (C=O) groups is 1. The molecule has 3 heteroatoms. The van der Waals surface area contributed by atoms with Gasteiger partial charge in [0, 0.05) is 0 Å². The Balaban J connectivity index is 1.84. The highest BCUT2D eigenvalue weighted by Crippen LogP contribution is 2.13. The van der Waals surface area contributed by atoms with Gasteiger partial charge in [0.15, 0.2) is 6.61 Å². The Morgan fingerprint density at radius 2 is 1.90 bits per heavy atom. The molecule has 2 rings (SSSR count). The highest BCUT2D eigenvalue weighted by Gasteiger charge is 2.09. The first-order chi connectivity index (χ1) is 9.65. The SMILES string of the molecule is Cc1cccc(OCC(=O)N[C@@H](C)c2ccccc2)c1. The lowest BCUT2D eigenvalue weighted by Crippen LogP contribution is -2.31. The van der Waals surface area contributed by atoms with E-state index in [1.54, 1.807) is 0 Å². The summed E-state index contributed by atoms with van der Waals surface area (Å²) in [6.45, 7) is 3.98. The summed E-state index contributed by atoms with van der Waals surface area (Å²) in [4.78, 5) is 11.8. The minimum atomic E-state index is -0.122. The number of ether oxygens (including phenoxy) is 1. The zero-order valence-corrected chi connectivity index (χ0v) is 11.8. The second kappa shape index (κ2) is 6.75. The number of hydrogen-bond donors (Lipinski definition) is 1. The summed E-state index contributed by atoms with van der Waals surface area (Å²) in [5, 5.41) is 2.92. The van der Waals surface area contributed by atoms with Crippen molar-refractivity contribution in [2.45, 2.75) is 19.9 Å².